The maximum Gasteiger partial charge on any atom is 0.217 e. The van der Waals surface area contributed by atoms with Gasteiger partial charge in [0.2, 0.25) is 6.41 Å². The fourth-order valence-corrected chi connectivity index (χ4v) is 1.87. The molecule has 1 heterocycles. The van der Waals surface area contributed by atoms with Crippen molar-refractivity contribution < 1.29 is 4.79 Å². The minimum absolute atomic E-state index is 0.786. The fraction of sp³-hybridized carbons (Fsp3) is 0.286. The van der Waals surface area contributed by atoms with Gasteiger partial charge in [0.25, 0.3) is 0 Å². The van der Waals surface area contributed by atoms with Crippen molar-refractivity contribution in [3.05, 3.63) is 23.5 Å². The number of carbonyl (C=O) groups is 1. The molecule has 0 N–H and O–H groups in total. The van der Waals surface area contributed by atoms with Gasteiger partial charge in [-0.1, -0.05) is 31.9 Å². The molecule has 1 aromatic rings. The van der Waals surface area contributed by atoms with Crippen LogP contribution in [-0.4, -0.2) is 11.0 Å². The number of hydrogen-bond donors (Lipinski definition) is 0. The lowest BCUT2D eigenvalue weighted by molar-refractivity contribution is 0.547. The molecule has 0 bridgehead atoms. The molecule has 0 unspecified atom stereocenters. The summed E-state index contributed by atoms with van der Waals surface area (Å²) < 4.78 is 1.52. The number of halogens is 2. The Balaban J connectivity index is 3.01. The smallest absolute Gasteiger partial charge is 0.217 e. The Morgan fingerprint density at radius 3 is 2.00 bits per heavy atom. The first kappa shape index (κ1) is 9.00. The van der Waals surface area contributed by atoms with Crippen LogP contribution in [0.3, 0.4) is 0 Å². The molecule has 1 aromatic heterocycles. The van der Waals surface area contributed by atoms with Gasteiger partial charge in [0, 0.05) is 23.1 Å². The molecule has 0 saturated heterocycles. The Morgan fingerprint density at radius 2 is 1.73 bits per heavy atom. The van der Waals surface area contributed by atoms with E-state index in [0.717, 1.165) is 28.2 Å². The van der Waals surface area contributed by atoms with E-state index in [-0.39, 0.29) is 0 Å². The third-order valence-corrected chi connectivity index (χ3v) is 2.64. The standard InChI is InChI=1S/C7H7Br2NO/c8-1-6-3-10(5-11)4-7(6)2-9/h3-5H,1-2H2. The fourth-order valence-electron chi connectivity index (χ4n) is 0.864. The van der Waals surface area contributed by atoms with Crippen molar-refractivity contribution in [2.75, 3.05) is 0 Å². The van der Waals surface area contributed by atoms with Gasteiger partial charge in [-0.25, -0.2) is 0 Å². The van der Waals surface area contributed by atoms with Crippen LogP contribution in [0.5, 0.6) is 0 Å². The van der Waals surface area contributed by atoms with Gasteiger partial charge in [-0.3, -0.25) is 9.36 Å². The van der Waals surface area contributed by atoms with Crippen LogP contribution in [0, 0.1) is 0 Å². The Hall–Kier alpha value is -0.0900. The lowest BCUT2D eigenvalue weighted by Crippen LogP contribution is -1.87. The van der Waals surface area contributed by atoms with Crippen LogP contribution in [0.4, 0.5) is 0 Å². The van der Waals surface area contributed by atoms with Crippen LogP contribution in [0.1, 0.15) is 11.1 Å². The zero-order valence-electron chi connectivity index (χ0n) is 5.76. The number of nitrogens with zero attached hydrogens (tertiary/aromatic N) is 1. The highest BCUT2D eigenvalue weighted by Gasteiger charge is 2.02. The van der Waals surface area contributed by atoms with Crippen molar-refractivity contribution in [1.29, 1.82) is 0 Å². The van der Waals surface area contributed by atoms with Crippen molar-refractivity contribution in [2.24, 2.45) is 0 Å². The third-order valence-electron chi connectivity index (χ3n) is 1.43. The van der Waals surface area contributed by atoms with Gasteiger partial charge in [-0.15, -0.1) is 0 Å². The first-order valence-corrected chi connectivity index (χ1v) is 5.32. The molecule has 0 aliphatic rings. The summed E-state index contributed by atoms with van der Waals surface area (Å²) in [7, 11) is 0. The van der Waals surface area contributed by atoms with Crippen LogP contribution in [0.25, 0.3) is 0 Å². The van der Waals surface area contributed by atoms with Gasteiger partial charge in [0.15, 0.2) is 0 Å². The van der Waals surface area contributed by atoms with Crippen molar-refractivity contribution in [3.8, 4) is 0 Å². The monoisotopic (exact) mass is 279 g/mol. The molecule has 60 valence electrons. The maximum atomic E-state index is 10.3. The van der Waals surface area contributed by atoms with E-state index in [2.05, 4.69) is 31.9 Å². The molecular weight excluding hydrogens is 274 g/mol. The Morgan fingerprint density at radius 1 is 1.27 bits per heavy atom. The highest BCUT2D eigenvalue weighted by molar-refractivity contribution is 9.09. The number of alkyl halides is 2. The van der Waals surface area contributed by atoms with E-state index < -0.39 is 0 Å². The number of hydrogen-bond acceptors (Lipinski definition) is 1. The topological polar surface area (TPSA) is 22.0 Å². The maximum absolute atomic E-state index is 10.3. The normalized spacial score (nSPS) is 10.0. The predicted octanol–water partition coefficient (Wildman–Crippen LogP) is 2.32. The lowest BCUT2D eigenvalue weighted by Gasteiger charge is -1.90. The molecule has 11 heavy (non-hydrogen) atoms. The van der Waals surface area contributed by atoms with Crippen molar-refractivity contribution in [2.45, 2.75) is 10.7 Å². The van der Waals surface area contributed by atoms with Gasteiger partial charge >= 0.3 is 0 Å². The molecular formula is C7H7Br2NO. The summed E-state index contributed by atoms with van der Waals surface area (Å²) in [6.07, 6.45) is 4.43. The Bertz CT molecular complexity index is 235. The molecule has 0 aromatic carbocycles. The van der Waals surface area contributed by atoms with Crippen LogP contribution in [0.15, 0.2) is 12.4 Å². The van der Waals surface area contributed by atoms with Gasteiger partial charge in [-0.05, 0) is 11.1 Å². The zero-order valence-corrected chi connectivity index (χ0v) is 8.93. The second-order valence-electron chi connectivity index (χ2n) is 2.13. The molecule has 0 aliphatic carbocycles. The minimum atomic E-state index is 0.786. The van der Waals surface area contributed by atoms with Crippen LogP contribution in [-0.2, 0) is 15.5 Å². The van der Waals surface area contributed by atoms with Crippen molar-refractivity contribution in [3.63, 3.8) is 0 Å². The molecule has 0 amide bonds. The molecule has 0 atom stereocenters. The van der Waals surface area contributed by atoms with Gasteiger partial charge in [-0.2, -0.15) is 0 Å². The highest BCUT2D eigenvalue weighted by atomic mass is 79.9. The molecule has 2 nitrogen and oxygen atoms in total. The number of aromatic nitrogens is 1. The van der Waals surface area contributed by atoms with Gasteiger partial charge in [0.05, 0.1) is 0 Å². The Kier molecular flexibility index (Phi) is 3.33. The summed E-state index contributed by atoms with van der Waals surface area (Å²) in [5, 5.41) is 1.57. The van der Waals surface area contributed by atoms with E-state index in [1.165, 1.54) is 4.57 Å². The van der Waals surface area contributed by atoms with Crippen LogP contribution in [0.2, 0.25) is 0 Å². The average molecular weight is 281 g/mol. The van der Waals surface area contributed by atoms with Crippen LogP contribution >= 0.6 is 31.9 Å². The van der Waals surface area contributed by atoms with E-state index in [4.69, 9.17) is 0 Å². The SMILES string of the molecule is O=Cn1cc(CBr)c(CBr)c1. The number of carbonyl (C=O) groups excluding carboxylic acids is 1. The predicted molar refractivity (Wildman–Crippen MR) is 51.8 cm³/mol. The van der Waals surface area contributed by atoms with Crippen LogP contribution < -0.4 is 0 Å². The largest absolute Gasteiger partial charge is 0.297 e. The summed E-state index contributed by atoms with van der Waals surface area (Å²) in [4.78, 5) is 10.3. The van der Waals surface area contributed by atoms with Gasteiger partial charge in [0.1, 0.15) is 0 Å². The second-order valence-corrected chi connectivity index (χ2v) is 3.25. The third kappa shape index (κ3) is 1.93. The minimum Gasteiger partial charge on any atom is -0.297 e. The van der Waals surface area contributed by atoms with E-state index in [9.17, 15) is 4.79 Å². The summed E-state index contributed by atoms with van der Waals surface area (Å²) in [5.41, 5.74) is 2.29. The molecule has 0 fully saturated rings. The van der Waals surface area contributed by atoms with E-state index in [0.29, 0.717) is 0 Å². The van der Waals surface area contributed by atoms with Crippen molar-refractivity contribution in [1.82, 2.24) is 4.57 Å². The molecule has 0 saturated carbocycles. The first-order chi connectivity index (χ1) is 5.31. The van der Waals surface area contributed by atoms with Crippen molar-refractivity contribution >= 4 is 38.3 Å². The molecule has 0 radical (unpaired) electrons. The number of rotatable bonds is 3. The second kappa shape index (κ2) is 4.07. The molecule has 1 rings (SSSR count). The molecule has 0 spiro atoms. The summed E-state index contributed by atoms with van der Waals surface area (Å²) in [5.74, 6) is 0. The quantitative estimate of drug-likeness (QED) is 0.615. The molecule has 0 aliphatic heterocycles. The van der Waals surface area contributed by atoms with E-state index in [1.54, 1.807) is 0 Å². The Labute approximate surface area is 81.8 Å². The zero-order chi connectivity index (χ0) is 8.27. The highest BCUT2D eigenvalue weighted by Crippen LogP contribution is 2.16. The summed E-state index contributed by atoms with van der Waals surface area (Å²) >= 11 is 6.68. The van der Waals surface area contributed by atoms with Gasteiger partial charge < -0.3 is 0 Å². The van der Waals surface area contributed by atoms with E-state index >= 15 is 0 Å². The first-order valence-electron chi connectivity index (χ1n) is 3.08. The average Bonchev–Trinajstić information content (AvgIpc) is 2.46. The summed E-state index contributed by atoms with van der Waals surface area (Å²) in [6.45, 7) is 0. The summed E-state index contributed by atoms with van der Waals surface area (Å²) in [6, 6.07) is 0. The molecule has 4 heteroatoms. The van der Waals surface area contributed by atoms with E-state index in [1.807, 2.05) is 12.4 Å². The lowest BCUT2D eigenvalue weighted by atomic mass is 10.2.